The molecular formula is C14H22N2O4. The Hall–Kier alpha value is -1.82. The van der Waals surface area contributed by atoms with Gasteiger partial charge in [-0.1, -0.05) is 13.8 Å². The minimum atomic E-state index is -0.427. The molecule has 0 aliphatic heterocycles. The summed E-state index contributed by atoms with van der Waals surface area (Å²) < 4.78 is 10.2. The molecule has 0 bridgehead atoms. The number of benzene rings is 1. The average Bonchev–Trinajstić information content (AvgIpc) is 2.42. The fourth-order valence-electron chi connectivity index (χ4n) is 1.72. The Bertz CT molecular complexity index is 460. The van der Waals surface area contributed by atoms with Crippen LogP contribution in [0.2, 0.25) is 0 Å². The zero-order chi connectivity index (χ0) is 15.2. The van der Waals surface area contributed by atoms with Gasteiger partial charge in [0.1, 0.15) is 5.75 Å². The van der Waals surface area contributed by atoms with Gasteiger partial charge < -0.3 is 14.8 Å². The highest BCUT2D eigenvalue weighted by atomic mass is 16.6. The lowest BCUT2D eigenvalue weighted by Crippen LogP contribution is -2.24. The Kier molecular flexibility index (Phi) is 5.76. The highest BCUT2D eigenvalue weighted by molar-refractivity contribution is 5.56. The molecule has 0 radical (unpaired) electrons. The van der Waals surface area contributed by atoms with Gasteiger partial charge in [0, 0.05) is 38.1 Å². The topological polar surface area (TPSA) is 73.6 Å². The summed E-state index contributed by atoms with van der Waals surface area (Å²) in [5.41, 5.74) is 0.733. The van der Waals surface area contributed by atoms with Gasteiger partial charge >= 0.3 is 0 Å². The lowest BCUT2D eigenvalue weighted by atomic mass is 9.89. The van der Waals surface area contributed by atoms with Crippen LogP contribution in [0.3, 0.4) is 0 Å². The van der Waals surface area contributed by atoms with E-state index in [-0.39, 0.29) is 11.1 Å². The second-order valence-electron chi connectivity index (χ2n) is 5.44. The summed E-state index contributed by atoms with van der Waals surface area (Å²) >= 11 is 0. The highest BCUT2D eigenvalue weighted by Crippen LogP contribution is 2.27. The van der Waals surface area contributed by atoms with E-state index < -0.39 is 4.92 Å². The van der Waals surface area contributed by atoms with Crippen LogP contribution in [-0.2, 0) is 4.74 Å². The molecule has 0 spiro atoms. The van der Waals surface area contributed by atoms with Crippen molar-refractivity contribution < 1.29 is 14.4 Å². The van der Waals surface area contributed by atoms with E-state index in [2.05, 4.69) is 19.2 Å². The van der Waals surface area contributed by atoms with Crippen molar-refractivity contribution in [1.82, 2.24) is 0 Å². The molecule has 1 aromatic rings. The fraction of sp³-hybridized carbons (Fsp3) is 0.571. The highest BCUT2D eigenvalue weighted by Gasteiger charge is 2.18. The average molecular weight is 282 g/mol. The van der Waals surface area contributed by atoms with Gasteiger partial charge in [-0.3, -0.25) is 10.1 Å². The normalized spacial score (nSPS) is 11.2. The van der Waals surface area contributed by atoms with Gasteiger partial charge in [0.05, 0.1) is 18.1 Å². The summed E-state index contributed by atoms with van der Waals surface area (Å²) in [5.74, 6) is 0.469. The van der Waals surface area contributed by atoms with E-state index in [9.17, 15) is 10.1 Å². The Balaban J connectivity index is 2.76. The number of nitrogens with one attached hydrogen (secondary N) is 1. The second-order valence-corrected chi connectivity index (χ2v) is 5.44. The Labute approximate surface area is 119 Å². The third-order valence-corrected chi connectivity index (χ3v) is 3.09. The molecule has 0 aliphatic rings. The van der Waals surface area contributed by atoms with Crippen molar-refractivity contribution in [2.75, 3.05) is 32.7 Å². The van der Waals surface area contributed by atoms with Crippen LogP contribution in [0.5, 0.6) is 5.75 Å². The molecule has 20 heavy (non-hydrogen) atoms. The number of methoxy groups -OCH3 is 2. The third kappa shape index (κ3) is 5.05. The zero-order valence-corrected chi connectivity index (χ0v) is 12.4. The molecule has 1 aromatic carbocycles. The van der Waals surface area contributed by atoms with Gasteiger partial charge in [0.2, 0.25) is 0 Å². The number of nitrogens with zero attached hydrogens (tertiary/aromatic N) is 1. The van der Waals surface area contributed by atoms with E-state index in [1.165, 1.54) is 19.2 Å². The first-order valence-corrected chi connectivity index (χ1v) is 6.44. The monoisotopic (exact) mass is 282 g/mol. The number of nitro benzene ring substituents is 1. The van der Waals surface area contributed by atoms with Gasteiger partial charge in [-0.15, -0.1) is 0 Å². The van der Waals surface area contributed by atoms with E-state index in [1.807, 2.05) is 0 Å². The Morgan fingerprint density at radius 3 is 2.55 bits per heavy atom. The molecule has 0 fully saturated rings. The van der Waals surface area contributed by atoms with Gasteiger partial charge in [-0.25, -0.2) is 0 Å². The molecule has 0 atom stereocenters. The molecule has 6 nitrogen and oxygen atoms in total. The number of rotatable bonds is 8. The van der Waals surface area contributed by atoms with E-state index >= 15 is 0 Å². The van der Waals surface area contributed by atoms with E-state index in [1.54, 1.807) is 13.2 Å². The number of nitro groups is 1. The van der Waals surface area contributed by atoms with Crippen LogP contribution in [0.15, 0.2) is 18.2 Å². The first kappa shape index (κ1) is 16.2. The number of hydrogen-bond donors (Lipinski definition) is 1. The van der Waals surface area contributed by atoms with Crippen molar-refractivity contribution in [3.8, 4) is 5.75 Å². The van der Waals surface area contributed by atoms with E-state index in [4.69, 9.17) is 9.47 Å². The third-order valence-electron chi connectivity index (χ3n) is 3.09. The standard InChI is InChI=1S/C14H22N2O4/c1-14(2,5-6-19-3)10-15-11-7-12(16(17)18)9-13(8-11)20-4/h7-9,15H,5-6,10H2,1-4H3. The summed E-state index contributed by atoms with van der Waals surface area (Å²) in [5, 5.41) is 14.1. The van der Waals surface area contributed by atoms with Gasteiger partial charge in [0.15, 0.2) is 0 Å². The summed E-state index contributed by atoms with van der Waals surface area (Å²) in [6.07, 6.45) is 0.905. The van der Waals surface area contributed by atoms with Crippen LogP contribution in [0.25, 0.3) is 0 Å². The quantitative estimate of drug-likeness (QED) is 0.586. The van der Waals surface area contributed by atoms with Crippen LogP contribution in [0.1, 0.15) is 20.3 Å². The van der Waals surface area contributed by atoms with Crippen molar-refractivity contribution in [1.29, 1.82) is 0 Å². The van der Waals surface area contributed by atoms with Crippen LogP contribution in [0.4, 0.5) is 11.4 Å². The van der Waals surface area contributed by atoms with Crippen LogP contribution in [-0.4, -0.2) is 32.3 Å². The number of anilines is 1. The molecule has 0 amide bonds. The maximum absolute atomic E-state index is 10.9. The molecule has 0 saturated heterocycles. The van der Waals surface area contributed by atoms with Crippen molar-refractivity contribution in [3.05, 3.63) is 28.3 Å². The van der Waals surface area contributed by atoms with Crippen molar-refractivity contribution >= 4 is 11.4 Å². The largest absolute Gasteiger partial charge is 0.496 e. The molecule has 112 valence electrons. The molecule has 0 unspecified atom stereocenters. The molecule has 1 rings (SSSR count). The summed E-state index contributed by atoms with van der Waals surface area (Å²) in [6.45, 7) is 5.62. The van der Waals surface area contributed by atoms with Gasteiger partial charge in [-0.05, 0) is 11.8 Å². The zero-order valence-electron chi connectivity index (χ0n) is 12.4. The Morgan fingerprint density at radius 1 is 1.30 bits per heavy atom. The van der Waals surface area contributed by atoms with Crippen LogP contribution in [0, 0.1) is 15.5 Å². The second kappa shape index (κ2) is 7.09. The molecule has 1 N–H and O–H groups in total. The maximum Gasteiger partial charge on any atom is 0.275 e. The van der Waals surface area contributed by atoms with Gasteiger partial charge in [-0.2, -0.15) is 0 Å². The van der Waals surface area contributed by atoms with Crippen LogP contribution >= 0.6 is 0 Å². The van der Waals surface area contributed by atoms with Gasteiger partial charge in [0.25, 0.3) is 5.69 Å². The number of ether oxygens (including phenoxy) is 2. The number of hydrogen-bond acceptors (Lipinski definition) is 5. The Morgan fingerprint density at radius 2 is 2.00 bits per heavy atom. The number of non-ortho nitro benzene ring substituents is 1. The lowest BCUT2D eigenvalue weighted by Gasteiger charge is -2.25. The summed E-state index contributed by atoms with van der Waals surface area (Å²) in [7, 11) is 3.17. The minimum Gasteiger partial charge on any atom is -0.496 e. The van der Waals surface area contributed by atoms with E-state index in [0.717, 1.165) is 6.42 Å². The lowest BCUT2D eigenvalue weighted by molar-refractivity contribution is -0.384. The molecule has 0 saturated carbocycles. The molecule has 0 aliphatic carbocycles. The fourth-order valence-corrected chi connectivity index (χ4v) is 1.72. The van der Waals surface area contributed by atoms with Crippen LogP contribution < -0.4 is 10.1 Å². The molecule has 0 aromatic heterocycles. The summed E-state index contributed by atoms with van der Waals surface area (Å²) in [4.78, 5) is 10.4. The van der Waals surface area contributed by atoms with E-state index in [0.29, 0.717) is 24.6 Å². The SMILES string of the molecule is COCCC(C)(C)CNc1cc(OC)cc([N+](=O)[O-])c1. The van der Waals surface area contributed by atoms with Crippen molar-refractivity contribution in [3.63, 3.8) is 0 Å². The smallest absolute Gasteiger partial charge is 0.275 e. The van der Waals surface area contributed by atoms with Crippen molar-refractivity contribution in [2.24, 2.45) is 5.41 Å². The first-order chi connectivity index (χ1) is 9.38. The van der Waals surface area contributed by atoms with Crippen molar-refractivity contribution in [2.45, 2.75) is 20.3 Å². The first-order valence-electron chi connectivity index (χ1n) is 6.44. The maximum atomic E-state index is 10.9. The predicted octanol–water partition coefficient (Wildman–Crippen LogP) is 3.08. The molecular weight excluding hydrogens is 260 g/mol. The minimum absolute atomic E-state index is 0.0153. The molecule has 0 heterocycles. The predicted molar refractivity (Wildman–Crippen MR) is 78.4 cm³/mol. The molecule has 6 heteroatoms. The summed E-state index contributed by atoms with van der Waals surface area (Å²) in [6, 6.07) is 4.66.